The molecule has 1 N–H and O–H groups in total. The van der Waals surface area contributed by atoms with Crippen LogP contribution in [0.4, 0.5) is 4.39 Å². The summed E-state index contributed by atoms with van der Waals surface area (Å²) in [6, 6.07) is 11.7. The lowest BCUT2D eigenvalue weighted by Gasteiger charge is -2.33. The van der Waals surface area contributed by atoms with Crippen molar-refractivity contribution in [2.24, 2.45) is 0 Å². The van der Waals surface area contributed by atoms with E-state index >= 15 is 0 Å². The number of nitrogens with zero attached hydrogens (tertiary/aromatic N) is 2. The summed E-state index contributed by atoms with van der Waals surface area (Å²) >= 11 is 0. The van der Waals surface area contributed by atoms with Crippen LogP contribution in [0.1, 0.15) is 30.0 Å². The van der Waals surface area contributed by atoms with Gasteiger partial charge in [-0.3, -0.25) is 14.6 Å². The Morgan fingerprint density at radius 3 is 2.89 bits per heavy atom. The number of hydrogen-bond donors (Lipinski definition) is 1. The Hall–Kier alpha value is -3.02. The normalized spacial score (nSPS) is 17.2. The minimum atomic E-state index is -0.306. The van der Waals surface area contributed by atoms with Gasteiger partial charge in [0.1, 0.15) is 11.3 Å². The first-order chi connectivity index (χ1) is 13.1. The maximum Gasteiger partial charge on any atom is 0.274 e. The van der Waals surface area contributed by atoms with E-state index in [2.05, 4.69) is 9.97 Å². The lowest BCUT2D eigenvalue weighted by Crippen LogP contribution is -2.40. The number of halogens is 1. The minimum absolute atomic E-state index is 0.0242. The lowest BCUT2D eigenvalue weighted by molar-refractivity contribution is -0.131. The zero-order valence-corrected chi connectivity index (χ0v) is 14.8. The molecule has 3 heterocycles. The average molecular weight is 365 g/mol. The van der Waals surface area contributed by atoms with E-state index in [0.717, 1.165) is 29.5 Å². The average Bonchev–Trinajstić information content (AvgIpc) is 2.70. The van der Waals surface area contributed by atoms with Crippen molar-refractivity contribution in [3.05, 3.63) is 76.1 Å². The van der Waals surface area contributed by atoms with E-state index in [1.165, 1.54) is 12.1 Å². The Morgan fingerprint density at radius 2 is 2.07 bits per heavy atom. The molecule has 1 atom stereocenters. The number of fused-ring (bicyclic) bond motifs is 1. The van der Waals surface area contributed by atoms with Crippen LogP contribution in [0.5, 0.6) is 0 Å². The molecule has 1 aromatic carbocycles. The predicted octanol–water partition coefficient (Wildman–Crippen LogP) is 3.01. The highest BCUT2D eigenvalue weighted by molar-refractivity contribution is 5.79. The Morgan fingerprint density at radius 1 is 1.26 bits per heavy atom. The third-order valence-electron chi connectivity index (χ3n) is 5.11. The van der Waals surface area contributed by atoms with Crippen molar-refractivity contribution in [1.29, 1.82) is 0 Å². The molecule has 3 aromatic rings. The number of benzene rings is 1. The Balaban J connectivity index is 1.51. The molecule has 1 aliphatic rings. The molecule has 1 aliphatic heterocycles. The topological polar surface area (TPSA) is 66.1 Å². The summed E-state index contributed by atoms with van der Waals surface area (Å²) < 4.78 is 13.0. The van der Waals surface area contributed by atoms with Crippen molar-refractivity contribution in [2.75, 3.05) is 13.1 Å². The molecule has 1 fully saturated rings. The van der Waals surface area contributed by atoms with Crippen LogP contribution in [0.2, 0.25) is 0 Å². The van der Waals surface area contributed by atoms with Gasteiger partial charge in [-0.2, -0.15) is 0 Å². The van der Waals surface area contributed by atoms with Gasteiger partial charge in [0.2, 0.25) is 5.91 Å². The van der Waals surface area contributed by atoms with E-state index in [0.29, 0.717) is 18.6 Å². The molecule has 0 bridgehead atoms. The Bertz CT molecular complexity index is 1030. The largest absolute Gasteiger partial charge is 0.342 e. The van der Waals surface area contributed by atoms with Crippen LogP contribution >= 0.6 is 0 Å². The number of aromatic nitrogens is 2. The maximum absolute atomic E-state index is 13.0. The number of likely N-dealkylation sites (tertiary alicyclic amines) is 1. The number of aromatic amines is 1. The van der Waals surface area contributed by atoms with Crippen LogP contribution < -0.4 is 5.56 Å². The first-order valence-corrected chi connectivity index (χ1v) is 9.10. The van der Waals surface area contributed by atoms with Crippen LogP contribution in [-0.4, -0.2) is 33.9 Å². The molecular weight excluding hydrogens is 345 g/mol. The number of carbonyl (C=O) groups excluding carboxylic acids is 1. The van der Waals surface area contributed by atoms with Gasteiger partial charge in [-0.25, -0.2) is 4.39 Å². The Kier molecular flexibility index (Phi) is 4.71. The number of amides is 1. The van der Waals surface area contributed by atoms with Crippen molar-refractivity contribution in [1.82, 2.24) is 14.9 Å². The molecule has 0 spiro atoms. The van der Waals surface area contributed by atoms with Crippen LogP contribution in [0.3, 0.4) is 0 Å². The fourth-order valence-electron chi connectivity index (χ4n) is 3.68. The fourth-order valence-corrected chi connectivity index (χ4v) is 3.68. The smallest absolute Gasteiger partial charge is 0.274 e. The third-order valence-corrected chi connectivity index (χ3v) is 5.11. The van der Waals surface area contributed by atoms with E-state index in [1.807, 2.05) is 23.1 Å². The maximum atomic E-state index is 13.0. The molecule has 4 rings (SSSR count). The van der Waals surface area contributed by atoms with Gasteiger partial charge in [0.15, 0.2) is 0 Å². The van der Waals surface area contributed by atoms with Crippen molar-refractivity contribution in [2.45, 2.75) is 25.2 Å². The second-order valence-corrected chi connectivity index (χ2v) is 6.98. The summed E-state index contributed by atoms with van der Waals surface area (Å²) in [6.07, 6.45) is 3.66. The van der Waals surface area contributed by atoms with Crippen LogP contribution in [0.15, 0.2) is 53.5 Å². The van der Waals surface area contributed by atoms with Crippen molar-refractivity contribution >= 4 is 16.8 Å². The first-order valence-electron chi connectivity index (χ1n) is 9.10. The molecule has 1 saturated heterocycles. The molecule has 27 heavy (non-hydrogen) atoms. The van der Waals surface area contributed by atoms with Crippen LogP contribution in [-0.2, 0) is 11.2 Å². The molecule has 0 saturated carbocycles. The van der Waals surface area contributed by atoms with Gasteiger partial charge in [-0.05, 0) is 42.7 Å². The van der Waals surface area contributed by atoms with E-state index in [4.69, 9.17) is 0 Å². The zero-order valence-electron chi connectivity index (χ0n) is 14.8. The van der Waals surface area contributed by atoms with E-state index < -0.39 is 0 Å². The van der Waals surface area contributed by atoms with E-state index in [1.54, 1.807) is 18.3 Å². The van der Waals surface area contributed by atoms with Gasteiger partial charge in [0, 0.05) is 36.3 Å². The molecule has 138 valence electrons. The molecule has 0 radical (unpaired) electrons. The van der Waals surface area contributed by atoms with E-state index in [-0.39, 0.29) is 29.6 Å². The zero-order chi connectivity index (χ0) is 18.8. The van der Waals surface area contributed by atoms with Gasteiger partial charge < -0.3 is 9.88 Å². The lowest BCUT2D eigenvalue weighted by atomic mass is 9.93. The number of piperidine rings is 1. The van der Waals surface area contributed by atoms with Crippen molar-refractivity contribution < 1.29 is 9.18 Å². The molecule has 6 heteroatoms. The summed E-state index contributed by atoms with van der Waals surface area (Å²) in [5, 5.41) is 0.811. The highest BCUT2D eigenvalue weighted by atomic mass is 19.1. The van der Waals surface area contributed by atoms with Crippen LogP contribution in [0, 0.1) is 5.82 Å². The molecule has 2 aromatic heterocycles. The molecule has 1 amide bonds. The highest BCUT2D eigenvalue weighted by Gasteiger charge is 2.25. The quantitative estimate of drug-likeness (QED) is 0.776. The number of H-pyrrole nitrogens is 1. The standard InChI is InChI=1S/C21H20FN3O2/c22-17-7-5-14(6-8-17)11-19(26)25-10-2-4-16(13-25)18-12-15-3-1-9-23-20(15)21(27)24-18/h1,3,5-9,12,16H,2,4,10-11,13H2,(H,24,27)/t16-/m1/s1. The first kappa shape index (κ1) is 17.4. The minimum Gasteiger partial charge on any atom is -0.342 e. The van der Waals surface area contributed by atoms with Crippen molar-refractivity contribution in [3.8, 4) is 0 Å². The third kappa shape index (κ3) is 3.74. The van der Waals surface area contributed by atoms with Crippen LogP contribution in [0.25, 0.3) is 10.9 Å². The summed E-state index contributed by atoms with van der Waals surface area (Å²) in [6.45, 7) is 1.28. The summed E-state index contributed by atoms with van der Waals surface area (Å²) in [5.41, 5.74) is 1.88. The molecule has 5 nitrogen and oxygen atoms in total. The summed E-state index contributed by atoms with van der Waals surface area (Å²) in [5.74, 6) is -0.191. The summed E-state index contributed by atoms with van der Waals surface area (Å²) in [4.78, 5) is 33.9. The molecular formula is C21H20FN3O2. The monoisotopic (exact) mass is 365 g/mol. The fraction of sp³-hybridized carbons (Fsp3) is 0.286. The molecule has 0 aliphatic carbocycles. The van der Waals surface area contributed by atoms with E-state index in [9.17, 15) is 14.0 Å². The number of nitrogens with one attached hydrogen (secondary N) is 1. The summed E-state index contributed by atoms with van der Waals surface area (Å²) in [7, 11) is 0. The number of carbonyl (C=O) groups is 1. The molecule has 0 unspecified atom stereocenters. The Labute approximate surface area is 155 Å². The van der Waals surface area contributed by atoms with Crippen molar-refractivity contribution in [3.63, 3.8) is 0 Å². The second-order valence-electron chi connectivity index (χ2n) is 6.98. The SMILES string of the molecule is O=C(Cc1ccc(F)cc1)N1CCC[C@@H](c2cc3cccnc3c(=O)[nH]2)C1. The second kappa shape index (κ2) is 7.31. The van der Waals surface area contributed by atoms with Gasteiger partial charge >= 0.3 is 0 Å². The predicted molar refractivity (Wildman–Crippen MR) is 101 cm³/mol. The number of hydrogen-bond acceptors (Lipinski definition) is 3. The van der Waals surface area contributed by atoms with Gasteiger partial charge in [0.25, 0.3) is 5.56 Å². The highest BCUT2D eigenvalue weighted by Crippen LogP contribution is 2.26. The number of pyridine rings is 2. The van der Waals surface area contributed by atoms with Gasteiger partial charge in [0.05, 0.1) is 6.42 Å². The van der Waals surface area contributed by atoms with Gasteiger partial charge in [-0.15, -0.1) is 0 Å². The number of rotatable bonds is 3. The van der Waals surface area contributed by atoms with Gasteiger partial charge in [-0.1, -0.05) is 18.2 Å².